The molecule has 0 aromatic carbocycles. The molecule has 0 spiro atoms. The molecule has 1 unspecified atom stereocenters. The van der Waals surface area contributed by atoms with Crippen LogP contribution in [0.1, 0.15) is 156 Å². The van der Waals surface area contributed by atoms with Gasteiger partial charge < -0.3 is 5.32 Å². The predicted octanol–water partition coefficient (Wildman–Crippen LogP) is 10.2. The van der Waals surface area contributed by atoms with Crippen molar-refractivity contribution in [2.75, 3.05) is 13.6 Å². The van der Waals surface area contributed by atoms with Crippen LogP contribution in [0.5, 0.6) is 0 Å². The topological polar surface area (TPSA) is 12.0 Å². The normalized spacial score (nSPS) is 12.5. The van der Waals surface area contributed by atoms with E-state index in [-0.39, 0.29) is 0 Å². The molecule has 0 aliphatic heterocycles. The number of rotatable bonds is 25. The highest BCUT2D eigenvalue weighted by molar-refractivity contribution is 4.93. The first-order chi connectivity index (χ1) is 15.2. The van der Waals surface area contributed by atoms with Gasteiger partial charge in [-0.15, -0.1) is 0 Å². The van der Waals surface area contributed by atoms with Crippen molar-refractivity contribution >= 4 is 0 Å². The fourth-order valence-electron chi connectivity index (χ4n) is 5.03. The minimum absolute atomic E-state index is 0.900. The van der Waals surface area contributed by atoms with Crippen LogP contribution in [0.4, 0.5) is 0 Å². The van der Waals surface area contributed by atoms with Crippen LogP contribution in [0.25, 0.3) is 0 Å². The van der Waals surface area contributed by atoms with Crippen LogP contribution in [-0.4, -0.2) is 13.6 Å². The molecule has 0 aliphatic carbocycles. The van der Waals surface area contributed by atoms with Gasteiger partial charge in [0.05, 0.1) is 0 Å². The van der Waals surface area contributed by atoms with E-state index < -0.39 is 0 Å². The molecule has 1 nitrogen and oxygen atoms in total. The molecule has 0 rings (SSSR count). The van der Waals surface area contributed by atoms with Gasteiger partial charge in [-0.25, -0.2) is 0 Å². The number of hydrogen-bond donors (Lipinski definition) is 1. The summed E-state index contributed by atoms with van der Waals surface area (Å²) in [6.45, 7) is 12.6. The van der Waals surface area contributed by atoms with E-state index in [2.05, 4.69) is 39.7 Å². The second kappa shape index (κ2) is 24.3. The average Bonchev–Trinajstić information content (AvgIpc) is 2.76. The highest BCUT2D eigenvalue weighted by atomic mass is 14.8. The van der Waals surface area contributed by atoms with Gasteiger partial charge in [-0.1, -0.05) is 129 Å². The first-order valence-electron chi connectivity index (χ1n) is 14.5. The number of nitrogens with one attached hydrogen (secondary N) is 1. The molecule has 0 aromatic heterocycles. The molecule has 0 saturated heterocycles. The molecule has 0 bridgehead atoms. The number of unbranched alkanes of at least 4 members (excludes halogenated alkanes) is 9. The van der Waals surface area contributed by atoms with Crippen LogP contribution in [0.2, 0.25) is 0 Å². The van der Waals surface area contributed by atoms with Crippen LogP contribution in [0.15, 0.2) is 12.2 Å². The van der Waals surface area contributed by atoms with Crippen molar-refractivity contribution in [3.8, 4) is 0 Å². The van der Waals surface area contributed by atoms with Gasteiger partial charge in [-0.3, -0.25) is 0 Å². The van der Waals surface area contributed by atoms with Gasteiger partial charge in [-0.05, 0) is 64.0 Å². The Morgan fingerprint density at radius 2 is 1.00 bits per heavy atom. The Morgan fingerprint density at radius 1 is 0.548 bits per heavy atom. The molecule has 0 aliphatic rings. The van der Waals surface area contributed by atoms with Crippen molar-refractivity contribution in [1.29, 1.82) is 0 Å². The summed E-state index contributed by atoms with van der Waals surface area (Å²) < 4.78 is 0. The summed E-state index contributed by atoms with van der Waals surface area (Å²) in [6.07, 6.45) is 29.4. The molecule has 1 heteroatoms. The van der Waals surface area contributed by atoms with Crippen molar-refractivity contribution in [1.82, 2.24) is 5.32 Å². The molecule has 0 heterocycles. The number of allylic oxidation sites excluding steroid dienone is 1. The summed E-state index contributed by atoms with van der Waals surface area (Å²) in [5.74, 6) is 1.88. The Labute approximate surface area is 198 Å². The highest BCUT2D eigenvalue weighted by Gasteiger charge is 2.09. The van der Waals surface area contributed by atoms with E-state index in [0.717, 1.165) is 11.8 Å². The summed E-state index contributed by atoms with van der Waals surface area (Å²) in [6, 6.07) is 0. The van der Waals surface area contributed by atoms with Gasteiger partial charge in [0.1, 0.15) is 0 Å². The molecule has 1 N–H and O–H groups in total. The van der Waals surface area contributed by atoms with Crippen molar-refractivity contribution in [2.24, 2.45) is 11.8 Å². The SMILES string of the molecule is C=C(CCCCCCCC(CCCC)CNC)CCCC(CCCCC)CCCCC. The van der Waals surface area contributed by atoms with Gasteiger partial charge in [0.15, 0.2) is 0 Å². The van der Waals surface area contributed by atoms with Crippen LogP contribution >= 0.6 is 0 Å². The van der Waals surface area contributed by atoms with Crippen LogP contribution < -0.4 is 5.32 Å². The van der Waals surface area contributed by atoms with Crippen LogP contribution in [0, 0.1) is 11.8 Å². The minimum atomic E-state index is 0.900. The van der Waals surface area contributed by atoms with E-state index in [1.54, 1.807) is 0 Å². The van der Waals surface area contributed by atoms with Gasteiger partial charge in [0, 0.05) is 0 Å². The smallest absolute Gasteiger partial charge is 0.00235 e. The molecule has 1 atom stereocenters. The predicted molar refractivity (Wildman–Crippen MR) is 144 cm³/mol. The Morgan fingerprint density at radius 3 is 1.61 bits per heavy atom. The molecule has 186 valence electrons. The molecular formula is C30H61N. The first-order valence-corrected chi connectivity index (χ1v) is 14.5. The van der Waals surface area contributed by atoms with Crippen molar-refractivity contribution in [3.05, 3.63) is 12.2 Å². The van der Waals surface area contributed by atoms with Crippen LogP contribution in [-0.2, 0) is 0 Å². The molecule has 31 heavy (non-hydrogen) atoms. The van der Waals surface area contributed by atoms with E-state index in [1.807, 2.05) is 0 Å². The fraction of sp³-hybridized carbons (Fsp3) is 0.933. The minimum Gasteiger partial charge on any atom is -0.319 e. The van der Waals surface area contributed by atoms with Crippen LogP contribution in [0.3, 0.4) is 0 Å². The molecule has 0 aromatic rings. The Bertz CT molecular complexity index is 351. The van der Waals surface area contributed by atoms with Crippen molar-refractivity contribution < 1.29 is 0 Å². The van der Waals surface area contributed by atoms with Gasteiger partial charge in [-0.2, -0.15) is 0 Å². The molecule has 0 amide bonds. The van der Waals surface area contributed by atoms with Crippen molar-refractivity contribution in [3.63, 3.8) is 0 Å². The lowest BCUT2D eigenvalue weighted by atomic mass is 9.89. The van der Waals surface area contributed by atoms with Gasteiger partial charge >= 0.3 is 0 Å². The highest BCUT2D eigenvalue weighted by Crippen LogP contribution is 2.25. The third-order valence-electron chi connectivity index (χ3n) is 7.18. The maximum atomic E-state index is 4.40. The van der Waals surface area contributed by atoms with Crippen molar-refractivity contribution in [2.45, 2.75) is 156 Å². The Balaban J connectivity index is 3.75. The van der Waals surface area contributed by atoms with E-state index in [4.69, 9.17) is 0 Å². The summed E-state index contributed by atoms with van der Waals surface area (Å²) in [7, 11) is 2.10. The second-order valence-corrected chi connectivity index (χ2v) is 10.4. The lowest BCUT2D eigenvalue weighted by Crippen LogP contribution is -2.18. The van der Waals surface area contributed by atoms with Gasteiger partial charge in [0.2, 0.25) is 0 Å². The summed E-state index contributed by atoms with van der Waals surface area (Å²) in [5, 5.41) is 3.39. The first kappa shape index (κ1) is 30.7. The largest absolute Gasteiger partial charge is 0.319 e. The summed E-state index contributed by atoms with van der Waals surface area (Å²) >= 11 is 0. The summed E-state index contributed by atoms with van der Waals surface area (Å²) in [4.78, 5) is 0. The Hall–Kier alpha value is -0.300. The van der Waals surface area contributed by atoms with E-state index in [9.17, 15) is 0 Å². The zero-order valence-corrected chi connectivity index (χ0v) is 22.4. The zero-order chi connectivity index (χ0) is 23.0. The zero-order valence-electron chi connectivity index (χ0n) is 22.4. The number of hydrogen-bond acceptors (Lipinski definition) is 1. The fourth-order valence-corrected chi connectivity index (χ4v) is 5.03. The van der Waals surface area contributed by atoms with E-state index in [0.29, 0.717) is 0 Å². The second-order valence-electron chi connectivity index (χ2n) is 10.4. The molecule has 0 fully saturated rings. The quantitative estimate of drug-likeness (QED) is 0.111. The lowest BCUT2D eigenvalue weighted by molar-refractivity contribution is 0.376. The average molecular weight is 436 g/mol. The summed E-state index contributed by atoms with van der Waals surface area (Å²) in [5.41, 5.74) is 1.52. The van der Waals surface area contributed by atoms with E-state index in [1.165, 1.54) is 147 Å². The maximum Gasteiger partial charge on any atom is -0.00235 e. The maximum absolute atomic E-state index is 4.40. The van der Waals surface area contributed by atoms with Gasteiger partial charge in [0.25, 0.3) is 0 Å². The third kappa shape index (κ3) is 21.3. The molecular weight excluding hydrogens is 374 g/mol. The lowest BCUT2D eigenvalue weighted by Gasteiger charge is -2.17. The third-order valence-corrected chi connectivity index (χ3v) is 7.18. The molecule has 0 saturated carbocycles. The Kier molecular flexibility index (Phi) is 24.1. The monoisotopic (exact) mass is 435 g/mol. The van der Waals surface area contributed by atoms with E-state index >= 15 is 0 Å². The standard InChI is InChI=1S/C30H61N/c1-6-9-15-23-29(24-16-10-7-2)26-19-21-28(4)20-17-13-12-14-18-25-30(27-31-5)22-11-8-3/h29-31H,4,6-27H2,1-3,5H3. The molecule has 0 radical (unpaired) electrons.